The number of aromatic nitrogens is 2. The lowest BCUT2D eigenvalue weighted by Gasteiger charge is -2.13. The molecule has 1 unspecified atom stereocenters. The molecule has 2 rings (SSSR count). The van der Waals surface area contributed by atoms with Crippen LogP contribution in [0.3, 0.4) is 0 Å². The zero-order valence-corrected chi connectivity index (χ0v) is 13.5. The molecule has 0 aliphatic heterocycles. The summed E-state index contributed by atoms with van der Waals surface area (Å²) in [7, 11) is 0. The number of halogens is 2. The maximum absolute atomic E-state index is 13.2. The first-order chi connectivity index (χ1) is 9.58. The van der Waals surface area contributed by atoms with Crippen molar-refractivity contribution < 1.29 is 4.39 Å². The van der Waals surface area contributed by atoms with Crippen LogP contribution in [-0.2, 0) is 12.8 Å². The molecule has 20 heavy (non-hydrogen) atoms. The van der Waals surface area contributed by atoms with E-state index in [1.165, 1.54) is 6.07 Å². The van der Waals surface area contributed by atoms with Gasteiger partial charge in [0.2, 0.25) is 0 Å². The number of hydrogen-bond acceptors (Lipinski definition) is 1. The van der Waals surface area contributed by atoms with E-state index in [-0.39, 0.29) is 5.82 Å². The third-order valence-electron chi connectivity index (χ3n) is 3.32. The summed E-state index contributed by atoms with van der Waals surface area (Å²) in [5.74, 6) is 0.257. The number of alkyl halides is 1. The molecule has 1 aromatic heterocycles. The highest BCUT2D eigenvalue weighted by molar-refractivity contribution is 9.09. The predicted molar refractivity (Wildman–Crippen MR) is 83.7 cm³/mol. The van der Waals surface area contributed by atoms with Crippen molar-refractivity contribution in [3.63, 3.8) is 0 Å². The molecule has 4 heteroatoms. The molecule has 2 nitrogen and oxygen atoms in total. The van der Waals surface area contributed by atoms with Crippen molar-refractivity contribution >= 4 is 15.9 Å². The maximum Gasteiger partial charge on any atom is 0.123 e. The summed E-state index contributed by atoms with van der Waals surface area (Å²) in [4.78, 5) is 0. The summed E-state index contributed by atoms with van der Waals surface area (Å²) in [5.41, 5.74) is 2.14. The fraction of sp³-hybridized carbons (Fsp3) is 0.438. The molecule has 0 spiro atoms. The van der Waals surface area contributed by atoms with Gasteiger partial charge in [0.05, 0.1) is 5.69 Å². The van der Waals surface area contributed by atoms with Gasteiger partial charge in [-0.1, -0.05) is 28.1 Å². The molecular weight excluding hydrogens is 319 g/mol. The van der Waals surface area contributed by atoms with Crippen molar-refractivity contribution in [3.05, 3.63) is 53.6 Å². The second-order valence-corrected chi connectivity index (χ2v) is 6.09. The van der Waals surface area contributed by atoms with Gasteiger partial charge in [0, 0.05) is 17.6 Å². The number of hydrogen-bond donors (Lipinski definition) is 0. The number of benzene rings is 1. The minimum atomic E-state index is -0.167. The molecule has 0 N–H and O–H groups in total. The van der Waals surface area contributed by atoms with Crippen LogP contribution in [0, 0.1) is 11.7 Å². The third kappa shape index (κ3) is 4.17. The van der Waals surface area contributed by atoms with Gasteiger partial charge in [-0.25, -0.2) is 4.39 Å². The Labute approximate surface area is 128 Å². The van der Waals surface area contributed by atoms with Crippen LogP contribution in [0.25, 0.3) is 0 Å². The van der Waals surface area contributed by atoms with Crippen LogP contribution < -0.4 is 0 Å². The van der Waals surface area contributed by atoms with Crippen LogP contribution >= 0.6 is 15.9 Å². The van der Waals surface area contributed by atoms with E-state index in [4.69, 9.17) is 0 Å². The SMILES string of the molecule is CC(C)n1ccc(CC(CBr)Cc2cccc(F)c2)n1. The van der Waals surface area contributed by atoms with Gasteiger partial charge >= 0.3 is 0 Å². The van der Waals surface area contributed by atoms with E-state index in [1.54, 1.807) is 12.1 Å². The summed E-state index contributed by atoms with van der Waals surface area (Å²) in [6, 6.07) is 9.30. The average molecular weight is 339 g/mol. The molecule has 0 fully saturated rings. The lowest BCUT2D eigenvalue weighted by molar-refractivity contribution is 0.512. The Morgan fingerprint density at radius 2 is 2.05 bits per heavy atom. The zero-order valence-electron chi connectivity index (χ0n) is 11.9. The zero-order chi connectivity index (χ0) is 14.5. The molecule has 1 heterocycles. The first kappa shape index (κ1) is 15.2. The molecule has 0 radical (unpaired) electrons. The van der Waals surface area contributed by atoms with Gasteiger partial charge in [-0.15, -0.1) is 0 Å². The molecule has 2 aromatic rings. The molecule has 0 bridgehead atoms. The summed E-state index contributed by atoms with van der Waals surface area (Å²) >= 11 is 3.56. The Morgan fingerprint density at radius 1 is 1.25 bits per heavy atom. The monoisotopic (exact) mass is 338 g/mol. The van der Waals surface area contributed by atoms with Crippen molar-refractivity contribution in [1.29, 1.82) is 0 Å². The molecule has 0 saturated heterocycles. The molecule has 108 valence electrons. The van der Waals surface area contributed by atoms with Gasteiger partial charge in [0.15, 0.2) is 0 Å². The van der Waals surface area contributed by atoms with E-state index in [2.05, 4.69) is 40.9 Å². The van der Waals surface area contributed by atoms with E-state index < -0.39 is 0 Å². The highest BCUT2D eigenvalue weighted by atomic mass is 79.9. The average Bonchev–Trinajstić information content (AvgIpc) is 2.87. The van der Waals surface area contributed by atoms with E-state index in [0.717, 1.165) is 29.4 Å². The lowest BCUT2D eigenvalue weighted by atomic mass is 9.96. The van der Waals surface area contributed by atoms with Gasteiger partial charge in [0.25, 0.3) is 0 Å². The highest BCUT2D eigenvalue weighted by Gasteiger charge is 2.12. The lowest BCUT2D eigenvalue weighted by Crippen LogP contribution is -2.11. The molecular formula is C16H20BrFN2. The second kappa shape index (κ2) is 7.02. The first-order valence-corrected chi connectivity index (χ1v) is 8.05. The Hall–Kier alpha value is -1.16. The van der Waals surface area contributed by atoms with Crippen LogP contribution in [0.4, 0.5) is 4.39 Å². The second-order valence-electron chi connectivity index (χ2n) is 5.44. The van der Waals surface area contributed by atoms with Crippen molar-refractivity contribution in [1.82, 2.24) is 9.78 Å². The summed E-state index contributed by atoms with van der Waals surface area (Å²) in [6.45, 7) is 4.23. The van der Waals surface area contributed by atoms with E-state index in [1.807, 2.05) is 16.9 Å². The van der Waals surface area contributed by atoms with Crippen molar-refractivity contribution in [2.24, 2.45) is 5.92 Å². The molecule has 0 aliphatic carbocycles. The quantitative estimate of drug-likeness (QED) is 0.714. The third-order valence-corrected chi connectivity index (χ3v) is 4.24. The van der Waals surface area contributed by atoms with Gasteiger partial charge < -0.3 is 0 Å². The minimum absolute atomic E-state index is 0.167. The van der Waals surface area contributed by atoms with E-state index >= 15 is 0 Å². The fourth-order valence-corrected chi connectivity index (χ4v) is 2.71. The summed E-state index contributed by atoms with van der Waals surface area (Å²) in [5, 5.41) is 5.47. The van der Waals surface area contributed by atoms with Crippen molar-refractivity contribution in [3.8, 4) is 0 Å². The van der Waals surface area contributed by atoms with Gasteiger partial charge in [-0.05, 0) is 56.4 Å². The highest BCUT2D eigenvalue weighted by Crippen LogP contribution is 2.17. The number of rotatable bonds is 6. The molecule has 0 aliphatic rings. The summed E-state index contributed by atoms with van der Waals surface area (Å²) < 4.78 is 15.2. The topological polar surface area (TPSA) is 17.8 Å². The fourth-order valence-electron chi connectivity index (χ4n) is 2.25. The first-order valence-electron chi connectivity index (χ1n) is 6.93. The van der Waals surface area contributed by atoms with Crippen molar-refractivity contribution in [2.75, 3.05) is 5.33 Å². The standard InChI is InChI=1S/C16H20BrFN2/c1-12(2)20-7-6-16(19-20)10-14(11-17)8-13-4-3-5-15(18)9-13/h3-7,9,12,14H,8,10-11H2,1-2H3. The van der Waals surface area contributed by atoms with Gasteiger partial charge in [-0.2, -0.15) is 5.10 Å². The Morgan fingerprint density at radius 3 is 2.65 bits per heavy atom. The van der Waals surface area contributed by atoms with Crippen LogP contribution in [0.1, 0.15) is 31.1 Å². The Bertz CT molecular complexity index is 551. The predicted octanol–water partition coefficient (Wildman–Crippen LogP) is 4.40. The largest absolute Gasteiger partial charge is 0.270 e. The van der Waals surface area contributed by atoms with Crippen LogP contribution in [0.5, 0.6) is 0 Å². The minimum Gasteiger partial charge on any atom is -0.270 e. The Balaban J connectivity index is 2.01. The van der Waals surface area contributed by atoms with E-state index in [9.17, 15) is 4.39 Å². The molecule has 0 saturated carbocycles. The van der Waals surface area contributed by atoms with Gasteiger partial charge in [0.1, 0.15) is 5.82 Å². The number of nitrogens with zero attached hydrogens (tertiary/aromatic N) is 2. The smallest absolute Gasteiger partial charge is 0.123 e. The Kier molecular flexibility index (Phi) is 5.35. The molecule has 0 amide bonds. The normalized spacial score (nSPS) is 12.8. The summed E-state index contributed by atoms with van der Waals surface area (Å²) in [6.07, 6.45) is 3.78. The maximum atomic E-state index is 13.2. The van der Waals surface area contributed by atoms with Crippen LogP contribution in [0.2, 0.25) is 0 Å². The molecule has 1 atom stereocenters. The van der Waals surface area contributed by atoms with E-state index in [0.29, 0.717) is 12.0 Å². The van der Waals surface area contributed by atoms with Crippen LogP contribution in [-0.4, -0.2) is 15.1 Å². The van der Waals surface area contributed by atoms with Crippen molar-refractivity contribution in [2.45, 2.75) is 32.7 Å². The molecule has 1 aromatic carbocycles. The van der Waals surface area contributed by atoms with Gasteiger partial charge in [-0.3, -0.25) is 4.68 Å². The van der Waals surface area contributed by atoms with Crippen LogP contribution in [0.15, 0.2) is 36.5 Å².